The van der Waals surface area contributed by atoms with Gasteiger partial charge in [0, 0.05) is 19.4 Å². The van der Waals surface area contributed by atoms with E-state index in [0.29, 0.717) is 0 Å². The van der Waals surface area contributed by atoms with Gasteiger partial charge < -0.3 is 4.57 Å². The predicted molar refractivity (Wildman–Crippen MR) is 74.7 cm³/mol. The molecule has 1 atom stereocenters. The van der Waals surface area contributed by atoms with Crippen molar-refractivity contribution in [2.45, 2.75) is 65.2 Å². The Balaban J connectivity index is 3.32. The maximum absolute atomic E-state index is 12.0. The average Bonchev–Trinajstić information content (AvgIpc) is 2.25. The van der Waals surface area contributed by atoms with Crippen molar-refractivity contribution >= 4 is 7.29 Å². The molecular formula is C13H30NOP. The summed E-state index contributed by atoms with van der Waals surface area (Å²) in [7, 11) is -2.02. The first-order valence-corrected chi connectivity index (χ1v) is 9.28. The van der Waals surface area contributed by atoms with Crippen molar-refractivity contribution in [3.05, 3.63) is 0 Å². The zero-order valence-corrected chi connectivity index (χ0v) is 12.3. The highest BCUT2D eigenvalue weighted by atomic mass is 31.2. The highest BCUT2D eigenvalue weighted by Crippen LogP contribution is 2.36. The Kier molecular flexibility index (Phi) is 10.5. The molecule has 0 rings (SSSR count). The van der Waals surface area contributed by atoms with Gasteiger partial charge in [-0.25, -0.2) is 0 Å². The van der Waals surface area contributed by atoms with Crippen LogP contribution in [0.1, 0.15) is 65.2 Å². The Bertz CT molecular complexity index is 194. The average molecular weight is 247 g/mol. The van der Waals surface area contributed by atoms with E-state index in [9.17, 15) is 4.57 Å². The number of hydrogen-bond acceptors (Lipinski definition) is 1. The summed E-state index contributed by atoms with van der Waals surface area (Å²) in [6.45, 7) is 7.21. The van der Waals surface area contributed by atoms with Crippen LogP contribution in [0.25, 0.3) is 0 Å². The summed E-state index contributed by atoms with van der Waals surface area (Å²) in [5.41, 5.74) is 0. The van der Waals surface area contributed by atoms with E-state index < -0.39 is 7.29 Å². The lowest BCUT2D eigenvalue weighted by atomic mass is 10.1. The second kappa shape index (κ2) is 10.4. The van der Waals surface area contributed by atoms with Gasteiger partial charge in [0.25, 0.3) is 0 Å². The van der Waals surface area contributed by atoms with Crippen LogP contribution in [0.2, 0.25) is 0 Å². The number of hydrogen-bond donors (Lipinski definition) is 1. The summed E-state index contributed by atoms with van der Waals surface area (Å²) in [4.78, 5) is 0. The molecule has 0 saturated heterocycles. The molecule has 2 nitrogen and oxygen atoms in total. The summed E-state index contributed by atoms with van der Waals surface area (Å²) < 4.78 is 12.0. The van der Waals surface area contributed by atoms with Crippen molar-refractivity contribution in [1.29, 1.82) is 0 Å². The van der Waals surface area contributed by atoms with Crippen LogP contribution in [0.3, 0.4) is 0 Å². The van der Waals surface area contributed by atoms with Gasteiger partial charge in [-0.2, -0.15) is 0 Å². The van der Waals surface area contributed by atoms with Gasteiger partial charge in [0.05, 0.1) is 0 Å². The summed E-state index contributed by atoms with van der Waals surface area (Å²) in [5.74, 6) is 0. The highest BCUT2D eigenvalue weighted by Gasteiger charge is 2.12. The van der Waals surface area contributed by atoms with Crippen LogP contribution in [0, 0.1) is 0 Å². The Morgan fingerprint density at radius 2 is 1.44 bits per heavy atom. The molecule has 0 heterocycles. The normalized spacial score (nSPS) is 14.9. The van der Waals surface area contributed by atoms with Crippen molar-refractivity contribution in [2.75, 3.05) is 19.4 Å². The number of unbranched alkanes of at least 4 members (excludes halogenated alkanes) is 6. The molecule has 16 heavy (non-hydrogen) atoms. The van der Waals surface area contributed by atoms with Gasteiger partial charge in [0.1, 0.15) is 7.29 Å². The van der Waals surface area contributed by atoms with Crippen molar-refractivity contribution in [2.24, 2.45) is 0 Å². The van der Waals surface area contributed by atoms with Crippen LogP contribution in [0.5, 0.6) is 0 Å². The molecule has 0 aliphatic heterocycles. The lowest BCUT2D eigenvalue weighted by Gasteiger charge is -2.14. The Hall–Kier alpha value is 0.190. The van der Waals surface area contributed by atoms with E-state index in [1.165, 1.54) is 38.5 Å². The van der Waals surface area contributed by atoms with Crippen LogP contribution in [0.4, 0.5) is 0 Å². The predicted octanol–water partition coefficient (Wildman–Crippen LogP) is 4.64. The van der Waals surface area contributed by atoms with Crippen LogP contribution < -0.4 is 5.09 Å². The summed E-state index contributed by atoms with van der Waals surface area (Å²) in [6.07, 6.45) is 10.9. The molecule has 98 valence electrons. The molecule has 0 amide bonds. The molecular weight excluding hydrogens is 217 g/mol. The standard InChI is InChI=1S/C13H30NOP/c1-4-6-8-9-10-11-12-14-16(3,15)13-7-5-2/h4-13H2,1-3H3,(H,14,15). The fourth-order valence-corrected chi connectivity index (χ4v) is 3.47. The molecule has 0 bridgehead atoms. The minimum Gasteiger partial charge on any atom is -0.307 e. The van der Waals surface area contributed by atoms with E-state index in [1.54, 1.807) is 0 Å². The Morgan fingerprint density at radius 1 is 0.875 bits per heavy atom. The van der Waals surface area contributed by atoms with Gasteiger partial charge in [-0.15, -0.1) is 0 Å². The fraction of sp³-hybridized carbons (Fsp3) is 1.00. The van der Waals surface area contributed by atoms with Crippen LogP contribution in [-0.2, 0) is 4.57 Å². The molecule has 0 aliphatic rings. The zero-order chi connectivity index (χ0) is 12.3. The summed E-state index contributed by atoms with van der Waals surface area (Å²) in [6, 6.07) is 0. The number of rotatable bonds is 11. The molecule has 0 fully saturated rings. The first-order chi connectivity index (χ1) is 7.62. The molecule has 1 N–H and O–H groups in total. The summed E-state index contributed by atoms with van der Waals surface area (Å²) in [5, 5.41) is 3.24. The van der Waals surface area contributed by atoms with E-state index in [2.05, 4.69) is 18.9 Å². The van der Waals surface area contributed by atoms with Gasteiger partial charge in [-0.05, 0) is 12.8 Å². The molecule has 0 radical (unpaired) electrons. The quantitative estimate of drug-likeness (QED) is 0.425. The van der Waals surface area contributed by atoms with E-state index in [4.69, 9.17) is 0 Å². The van der Waals surface area contributed by atoms with Gasteiger partial charge in [0.15, 0.2) is 0 Å². The van der Waals surface area contributed by atoms with Crippen molar-refractivity contribution in [1.82, 2.24) is 5.09 Å². The minimum atomic E-state index is -2.02. The molecule has 0 spiro atoms. The van der Waals surface area contributed by atoms with Crippen LogP contribution in [0.15, 0.2) is 0 Å². The largest absolute Gasteiger partial charge is 0.307 e. The van der Waals surface area contributed by atoms with Crippen LogP contribution >= 0.6 is 7.29 Å². The molecule has 0 aromatic rings. The smallest absolute Gasteiger partial charge is 0.144 e. The Labute approximate surface area is 102 Å². The van der Waals surface area contributed by atoms with Gasteiger partial charge in [-0.3, -0.25) is 5.09 Å². The molecule has 0 saturated carbocycles. The molecule has 3 heteroatoms. The maximum Gasteiger partial charge on any atom is 0.144 e. The monoisotopic (exact) mass is 247 g/mol. The van der Waals surface area contributed by atoms with Crippen molar-refractivity contribution < 1.29 is 4.57 Å². The van der Waals surface area contributed by atoms with Crippen molar-refractivity contribution in [3.63, 3.8) is 0 Å². The number of nitrogens with one attached hydrogen (secondary N) is 1. The third kappa shape index (κ3) is 10.7. The molecule has 0 aromatic carbocycles. The van der Waals surface area contributed by atoms with E-state index in [1.807, 2.05) is 6.66 Å². The second-order valence-electron chi connectivity index (χ2n) is 4.85. The fourth-order valence-electron chi connectivity index (χ4n) is 1.76. The van der Waals surface area contributed by atoms with E-state index >= 15 is 0 Å². The van der Waals surface area contributed by atoms with Crippen molar-refractivity contribution in [3.8, 4) is 0 Å². The topological polar surface area (TPSA) is 29.1 Å². The van der Waals surface area contributed by atoms with Gasteiger partial charge in [0.2, 0.25) is 0 Å². The zero-order valence-electron chi connectivity index (χ0n) is 11.4. The van der Waals surface area contributed by atoms with E-state index in [0.717, 1.165) is 25.5 Å². The molecule has 0 aliphatic carbocycles. The second-order valence-corrected chi connectivity index (χ2v) is 7.82. The van der Waals surface area contributed by atoms with E-state index in [-0.39, 0.29) is 0 Å². The van der Waals surface area contributed by atoms with Crippen LogP contribution in [-0.4, -0.2) is 19.4 Å². The maximum atomic E-state index is 12.0. The van der Waals surface area contributed by atoms with Gasteiger partial charge in [-0.1, -0.05) is 52.4 Å². The third-order valence-electron chi connectivity index (χ3n) is 2.91. The lowest BCUT2D eigenvalue weighted by molar-refractivity contribution is 0.558. The minimum absolute atomic E-state index is 0.860. The lowest BCUT2D eigenvalue weighted by Crippen LogP contribution is -2.13. The SMILES string of the molecule is CCCCCCCCNP(C)(=O)CCCC. The first-order valence-electron chi connectivity index (χ1n) is 6.94. The third-order valence-corrected chi connectivity index (χ3v) is 4.98. The highest BCUT2D eigenvalue weighted by molar-refractivity contribution is 7.61. The Morgan fingerprint density at radius 3 is 2.06 bits per heavy atom. The summed E-state index contributed by atoms with van der Waals surface area (Å²) >= 11 is 0. The van der Waals surface area contributed by atoms with Gasteiger partial charge >= 0.3 is 0 Å². The molecule has 1 unspecified atom stereocenters. The first kappa shape index (κ1) is 16.2. The molecule has 0 aromatic heterocycles.